The largest absolute Gasteiger partial charge is 0.325 e. The molecule has 0 aliphatic heterocycles. The fourth-order valence-electron chi connectivity index (χ4n) is 3.63. The SMILES string of the molecule is CCn1c(Cc2ccccc2)nnc1SCC(=O)Nc1ccc2c(c1)CCC2. The summed E-state index contributed by atoms with van der Waals surface area (Å²) in [4.78, 5) is 12.4. The summed E-state index contributed by atoms with van der Waals surface area (Å²) in [7, 11) is 0. The Hall–Kier alpha value is -2.60. The fraction of sp³-hybridized carbons (Fsp3) is 0.318. The molecule has 0 unspecified atom stereocenters. The van der Waals surface area contributed by atoms with Crippen LogP contribution in [-0.4, -0.2) is 26.4 Å². The van der Waals surface area contributed by atoms with Crippen molar-refractivity contribution in [2.24, 2.45) is 0 Å². The zero-order chi connectivity index (χ0) is 19.3. The van der Waals surface area contributed by atoms with Crippen molar-refractivity contribution < 1.29 is 4.79 Å². The summed E-state index contributed by atoms with van der Waals surface area (Å²) in [5.74, 6) is 1.23. The number of fused-ring (bicyclic) bond motifs is 1. The van der Waals surface area contributed by atoms with Gasteiger partial charge in [0.05, 0.1) is 5.75 Å². The van der Waals surface area contributed by atoms with E-state index in [2.05, 4.69) is 51.3 Å². The number of aromatic nitrogens is 3. The summed E-state index contributed by atoms with van der Waals surface area (Å²) in [6.07, 6.45) is 4.21. The molecule has 0 saturated heterocycles. The minimum atomic E-state index is -0.0155. The first-order valence-corrected chi connectivity index (χ1v) is 10.7. The number of hydrogen-bond acceptors (Lipinski definition) is 4. The lowest BCUT2D eigenvalue weighted by atomic mass is 10.1. The summed E-state index contributed by atoms with van der Waals surface area (Å²) in [5, 5.41) is 12.4. The highest BCUT2D eigenvalue weighted by atomic mass is 32.2. The van der Waals surface area contributed by atoms with Crippen molar-refractivity contribution in [3.63, 3.8) is 0 Å². The molecule has 0 fully saturated rings. The lowest BCUT2D eigenvalue weighted by Crippen LogP contribution is -2.15. The van der Waals surface area contributed by atoms with Gasteiger partial charge in [-0.15, -0.1) is 10.2 Å². The summed E-state index contributed by atoms with van der Waals surface area (Å²) >= 11 is 1.43. The molecular weight excluding hydrogens is 368 g/mol. The van der Waals surface area contributed by atoms with Crippen LogP contribution >= 0.6 is 11.8 Å². The van der Waals surface area contributed by atoms with Crippen LogP contribution in [0.4, 0.5) is 5.69 Å². The van der Waals surface area contributed by atoms with Gasteiger partial charge in [0.1, 0.15) is 5.82 Å². The highest BCUT2D eigenvalue weighted by Gasteiger charge is 2.15. The molecule has 0 saturated carbocycles. The predicted molar refractivity (Wildman–Crippen MR) is 113 cm³/mol. The standard InChI is InChI=1S/C22H24N4OS/c1-2-26-20(13-16-7-4-3-5-8-16)24-25-22(26)28-15-21(27)23-19-12-11-17-9-6-10-18(17)14-19/h3-5,7-8,11-12,14H,2,6,9-10,13,15H2,1H3,(H,23,27). The maximum atomic E-state index is 12.4. The number of aryl methyl sites for hydroxylation is 2. The van der Waals surface area contributed by atoms with Crippen molar-refractivity contribution in [1.82, 2.24) is 14.8 Å². The van der Waals surface area contributed by atoms with Crippen LogP contribution in [0, 0.1) is 0 Å². The molecule has 5 nitrogen and oxygen atoms in total. The Morgan fingerprint density at radius 3 is 2.75 bits per heavy atom. The lowest BCUT2D eigenvalue weighted by Gasteiger charge is -2.09. The van der Waals surface area contributed by atoms with E-state index in [1.165, 1.54) is 34.9 Å². The van der Waals surface area contributed by atoms with Crippen LogP contribution in [-0.2, 0) is 30.6 Å². The fourth-order valence-corrected chi connectivity index (χ4v) is 4.45. The molecule has 0 radical (unpaired) electrons. The number of rotatable bonds is 7. The zero-order valence-electron chi connectivity index (χ0n) is 16.0. The predicted octanol–water partition coefficient (Wildman–Crippen LogP) is 4.11. The van der Waals surface area contributed by atoms with E-state index < -0.39 is 0 Å². The van der Waals surface area contributed by atoms with E-state index in [1.807, 2.05) is 24.3 Å². The molecule has 144 valence electrons. The van der Waals surface area contributed by atoms with Gasteiger partial charge in [0, 0.05) is 18.7 Å². The minimum Gasteiger partial charge on any atom is -0.325 e. The highest BCUT2D eigenvalue weighted by Crippen LogP contribution is 2.25. The quantitative estimate of drug-likeness (QED) is 0.615. The monoisotopic (exact) mass is 392 g/mol. The van der Waals surface area contributed by atoms with Gasteiger partial charge < -0.3 is 9.88 Å². The van der Waals surface area contributed by atoms with Gasteiger partial charge >= 0.3 is 0 Å². The lowest BCUT2D eigenvalue weighted by molar-refractivity contribution is -0.113. The Balaban J connectivity index is 1.37. The first-order chi connectivity index (χ1) is 13.7. The highest BCUT2D eigenvalue weighted by molar-refractivity contribution is 7.99. The topological polar surface area (TPSA) is 59.8 Å². The summed E-state index contributed by atoms with van der Waals surface area (Å²) in [5.41, 5.74) is 4.86. The average Bonchev–Trinajstić information content (AvgIpc) is 3.33. The molecule has 4 rings (SSSR count). The molecule has 1 N–H and O–H groups in total. The Morgan fingerprint density at radius 2 is 1.93 bits per heavy atom. The van der Waals surface area contributed by atoms with E-state index in [0.29, 0.717) is 5.75 Å². The molecule has 1 amide bonds. The van der Waals surface area contributed by atoms with Gasteiger partial charge in [-0.3, -0.25) is 4.79 Å². The summed E-state index contributed by atoms with van der Waals surface area (Å²) < 4.78 is 2.08. The first kappa shape index (κ1) is 18.7. The van der Waals surface area contributed by atoms with Crippen molar-refractivity contribution in [3.8, 4) is 0 Å². The summed E-state index contributed by atoms with van der Waals surface area (Å²) in [6, 6.07) is 16.5. The Kier molecular flexibility index (Phi) is 5.76. The van der Waals surface area contributed by atoms with Gasteiger partial charge in [-0.1, -0.05) is 48.2 Å². The van der Waals surface area contributed by atoms with Gasteiger partial charge in [0.15, 0.2) is 5.16 Å². The van der Waals surface area contributed by atoms with Crippen LogP contribution in [0.3, 0.4) is 0 Å². The first-order valence-electron chi connectivity index (χ1n) is 9.73. The smallest absolute Gasteiger partial charge is 0.234 e. The molecule has 0 atom stereocenters. The van der Waals surface area contributed by atoms with Gasteiger partial charge in [0.2, 0.25) is 5.91 Å². The van der Waals surface area contributed by atoms with Crippen LogP contribution in [0.25, 0.3) is 0 Å². The van der Waals surface area contributed by atoms with E-state index in [4.69, 9.17) is 0 Å². The van der Waals surface area contributed by atoms with Crippen molar-refractivity contribution in [3.05, 3.63) is 71.0 Å². The van der Waals surface area contributed by atoms with E-state index >= 15 is 0 Å². The zero-order valence-corrected chi connectivity index (χ0v) is 16.8. The van der Waals surface area contributed by atoms with E-state index in [1.54, 1.807) is 0 Å². The second-order valence-electron chi connectivity index (χ2n) is 6.98. The number of benzene rings is 2. The van der Waals surface area contributed by atoms with Crippen molar-refractivity contribution in [2.75, 3.05) is 11.1 Å². The third kappa shape index (κ3) is 4.28. The van der Waals surface area contributed by atoms with E-state index in [0.717, 1.165) is 42.5 Å². The van der Waals surface area contributed by atoms with E-state index in [9.17, 15) is 4.79 Å². The minimum absolute atomic E-state index is 0.0155. The van der Waals surface area contributed by atoms with E-state index in [-0.39, 0.29) is 5.91 Å². The number of carbonyl (C=O) groups excluding carboxylic acids is 1. The molecular formula is C22H24N4OS. The van der Waals surface area contributed by atoms with Crippen molar-refractivity contribution in [1.29, 1.82) is 0 Å². The Morgan fingerprint density at radius 1 is 1.11 bits per heavy atom. The van der Waals surface area contributed by atoms with Crippen LogP contribution < -0.4 is 5.32 Å². The molecule has 28 heavy (non-hydrogen) atoms. The maximum Gasteiger partial charge on any atom is 0.234 e. The van der Waals surface area contributed by atoms with Gasteiger partial charge in [-0.05, 0) is 55.0 Å². The second kappa shape index (κ2) is 8.61. The van der Waals surface area contributed by atoms with Crippen LogP contribution in [0.2, 0.25) is 0 Å². The number of carbonyl (C=O) groups is 1. The van der Waals surface area contributed by atoms with Gasteiger partial charge in [-0.25, -0.2) is 0 Å². The third-order valence-corrected chi connectivity index (χ3v) is 6.00. The molecule has 1 aliphatic rings. The summed E-state index contributed by atoms with van der Waals surface area (Å²) in [6.45, 7) is 2.86. The third-order valence-electron chi connectivity index (χ3n) is 5.03. The molecule has 1 aromatic heterocycles. The Bertz CT molecular complexity index is 968. The van der Waals surface area contributed by atoms with Crippen molar-refractivity contribution >= 4 is 23.4 Å². The molecule has 1 heterocycles. The molecule has 3 aromatic rings. The number of hydrogen-bond donors (Lipinski definition) is 1. The van der Waals surface area contributed by atoms with Gasteiger partial charge in [-0.2, -0.15) is 0 Å². The molecule has 6 heteroatoms. The molecule has 2 aromatic carbocycles. The van der Waals surface area contributed by atoms with Crippen LogP contribution in [0.1, 0.15) is 35.9 Å². The molecule has 0 bridgehead atoms. The Labute approximate surface area is 169 Å². The molecule has 1 aliphatic carbocycles. The number of amides is 1. The number of nitrogens with one attached hydrogen (secondary N) is 1. The number of thioether (sulfide) groups is 1. The van der Waals surface area contributed by atoms with Gasteiger partial charge in [0.25, 0.3) is 0 Å². The van der Waals surface area contributed by atoms with Crippen LogP contribution in [0.15, 0.2) is 53.7 Å². The normalized spacial score (nSPS) is 12.8. The number of nitrogens with zero attached hydrogens (tertiary/aromatic N) is 3. The average molecular weight is 393 g/mol. The van der Waals surface area contributed by atoms with Crippen molar-refractivity contribution in [2.45, 2.75) is 44.3 Å². The van der Waals surface area contributed by atoms with Crippen LogP contribution in [0.5, 0.6) is 0 Å². The number of anilines is 1. The maximum absolute atomic E-state index is 12.4. The second-order valence-corrected chi connectivity index (χ2v) is 7.92. The molecule has 0 spiro atoms.